The first kappa shape index (κ1) is 24.9. The van der Waals surface area contributed by atoms with Crippen LogP contribution in [0.2, 0.25) is 0 Å². The molecule has 4 aromatic rings. The molecule has 1 saturated heterocycles. The van der Waals surface area contributed by atoms with Crippen molar-refractivity contribution < 1.29 is 19.3 Å². The lowest BCUT2D eigenvalue weighted by Gasteiger charge is -2.26. The Hall–Kier alpha value is -3.73. The summed E-state index contributed by atoms with van der Waals surface area (Å²) < 4.78 is 18.5. The average molecular weight is 505 g/mol. The topological polar surface area (TPSA) is 107 Å². The maximum atomic E-state index is 9.51. The second-order valence-electron chi connectivity index (χ2n) is 8.84. The molecule has 2 N–H and O–H groups in total. The van der Waals surface area contributed by atoms with Crippen molar-refractivity contribution in [3.05, 3.63) is 53.9 Å². The number of anilines is 1. The van der Waals surface area contributed by atoms with Gasteiger partial charge in [-0.15, -0.1) is 0 Å². The number of aromatic nitrogens is 4. The maximum absolute atomic E-state index is 9.51. The highest BCUT2D eigenvalue weighted by Gasteiger charge is 2.21. The van der Waals surface area contributed by atoms with Crippen molar-refractivity contribution >= 4 is 17.0 Å². The SMILES string of the molecule is COc1ccc(-n2c(-c3ccc(CO)cc3)nc3c(NCCN4CCOCC4)nc(C)nc32)cc1OC. The van der Waals surface area contributed by atoms with Crippen LogP contribution in [0.1, 0.15) is 11.4 Å². The van der Waals surface area contributed by atoms with E-state index in [1.807, 2.05) is 54.0 Å². The number of aliphatic hydroxyl groups is 1. The summed E-state index contributed by atoms with van der Waals surface area (Å²) in [6.07, 6.45) is 0. The van der Waals surface area contributed by atoms with Crippen LogP contribution in [-0.2, 0) is 11.3 Å². The largest absolute Gasteiger partial charge is 0.493 e. The molecule has 5 rings (SSSR count). The Kier molecular flexibility index (Phi) is 7.50. The number of imidazole rings is 1. The van der Waals surface area contributed by atoms with E-state index < -0.39 is 0 Å². The Morgan fingerprint density at radius 2 is 1.73 bits per heavy atom. The van der Waals surface area contributed by atoms with Crippen molar-refractivity contribution in [3.63, 3.8) is 0 Å². The van der Waals surface area contributed by atoms with E-state index in [-0.39, 0.29) is 6.61 Å². The number of methoxy groups -OCH3 is 2. The third-order valence-electron chi connectivity index (χ3n) is 6.46. The Morgan fingerprint density at radius 1 is 0.973 bits per heavy atom. The second kappa shape index (κ2) is 11.1. The molecule has 0 aliphatic carbocycles. The average Bonchev–Trinajstić information content (AvgIpc) is 3.32. The lowest BCUT2D eigenvalue weighted by molar-refractivity contribution is 0.0398. The van der Waals surface area contributed by atoms with Gasteiger partial charge in [0.2, 0.25) is 0 Å². The first-order chi connectivity index (χ1) is 18.1. The van der Waals surface area contributed by atoms with Gasteiger partial charge in [0.15, 0.2) is 28.5 Å². The second-order valence-corrected chi connectivity index (χ2v) is 8.84. The van der Waals surface area contributed by atoms with Gasteiger partial charge in [0.1, 0.15) is 11.6 Å². The Labute approximate surface area is 215 Å². The molecule has 1 fully saturated rings. The van der Waals surface area contributed by atoms with Crippen molar-refractivity contribution in [2.45, 2.75) is 13.5 Å². The minimum absolute atomic E-state index is 0.0196. The third kappa shape index (κ3) is 5.22. The fourth-order valence-electron chi connectivity index (χ4n) is 4.51. The molecular weight excluding hydrogens is 472 g/mol. The summed E-state index contributed by atoms with van der Waals surface area (Å²) in [7, 11) is 3.23. The van der Waals surface area contributed by atoms with Crippen LogP contribution in [0.5, 0.6) is 11.5 Å². The third-order valence-corrected chi connectivity index (χ3v) is 6.46. The van der Waals surface area contributed by atoms with Gasteiger partial charge in [-0.1, -0.05) is 24.3 Å². The van der Waals surface area contributed by atoms with Gasteiger partial charge in [-0.3, -0.25) is 9.47 Å². The van der Waals surface area contributed by atoms with Crippen molar-refractivity contribution in [2.75, 3.05) is 58.9 Å². The number of ether oxygens (including phenoxy) is 3. The fourth-order valence-corrected chi connectivity index (χ4v) is 4.51. The van der Waals surface area contributed by atoms with E-state index in [1.165, 1.54) is 0 Å². The number of aryl methyl sites for hydroxylation is 1. The summed E-state index contributed by atoms with van der Waals surface area (Å²) in [5, 5.41) is 13.0. The van der Waals surface area contributed by atoms with E-state index >= 15 is 0 Å². The molecule has 0 saturated carbocycles. The van der Waals surface area contributed by atoms with Crippen LogP contribution >= 0.6 is 0 Å². The van der Waals surface area contributed by atoms with Gasteiger partial charge in [-0.2, -0.15) is 0 Å². The number of rotatable bonds is 9. The highest BCUT2D eigenvalue weighted by molar-refractivity contribution is 5.88. The molecule has 3 heterocycles. The normalized spacial score (nSPS) is 14.2. The quantitative estimate of drug-likeness (QED) is 0.356. The molecule has 10 heteroatoms. The minimum Gasteiger partial charge on any atom is -0.493 e. The van der Waals surface area contributed by atoms with Crippen molar-refractivity contribution in [1.82, 2.24) is 24.4 Å². The van der Waals surface area contributed by atoms with Crippen LogP contribution < -0.4 is 14.8 Å². The van der Waals surface area contributed by atoms with Gasteiger partial charge in [-0.25, -0.2) is 15.0 Å². The molecule has 2 aromatic carbocycles. The molecule has 10 nitrogen and oxygen atoms in total. The molecule has 0 spiro atoms. The summed E-state index contributed by atoms with van der Waals surface area (Å²) in [5.41, 5.74) is 3.93. The van der Waals surface area contributed by atoms with Gasteiger partial charge in [0.05, 0.1) is 39.7 Å². The number of morpholine rings is 1. The van der Waals surface area contributed by atoms with Crippen LogP contribution in [0.4, 0.5) is 5.82 Å². The molecule has 0 amide bonds. The summed E-state index contributed by atoms with van der Waals surface area (Å²) >= 11 is 0. The van der Waals surface area contributed by atoms with Crippen molar-refractivity contribution in [3.8, 4) is 28.6 Å². The van der Waals surface area contributed by atoms with E-state index in [1.54, 1.807) is 14.2 Å². The highest BCUT2D eigenvalue weighted by atomic mass is 16.5. The van der Waals surface area contributed by atoms with Crippen LogP contribution in [0.25, 0.3) is 28.2 Å². The number of hydrogen-bond acceptors (Lipinski definition) is 9. The summed E-state index contributed by atoms with van der Waals surface area (Å²) in [6.45, 7) is 6.89. The van der Waals surface area contributed by atoms with Crippen molar-refractivity contribution in [2.24, 2.45) is 0 Å². The molecular formula is C27H32N6O4. The number of fused-ring (bicyclic) bond motifs is 1. The summed E-state index contributed by atoms with van der Waals surface area (Å²) in [4.78, 5) is 16.9. The lowest BCUT2D eigenvalue weighted by atomic mass is 10.1. The molecule has 37 heavy (non-hydrogen) atoms. The molecule has 0 bridgehead atoms. The Balaban J connectivity index is 1.60. The van der Waals surface area contributed by atoms with E-state index in [9.17, 15) is 5.11 Å². The first-order valence-corrected chi connectivity index (χ1v) is 12.3. The zero-order chi connectivity index (χ0) is 25.8. The monoisotopic (exact) mass is 504 g/mol. The predicted octanol–water partition coefficient (Wildman–Crippen LogP) is 3.04. The van der Waals surface area contributed by atoms with Crippen LogP contribution in [0.3, 0.4) is 0 Å². The zero-order valence-electron chi connectivity index (χ0n) is 21.4. The minimum atomic E-state index is -0.0196. The molecule has 0 radical (unpaired) electrons. The van der Waals surface area contributed by atoms with E-state index in [0.717, 1.165) is 56.2 Å². The van der Waals surface area contributed by atoms with Gasteiger partial charge in [0.25, 0.3) is 0 Å². The van der Waals surface area contributed by atoms with Crippen LogP contribution in [0, 0.1) is 6.92 Å². The molecule has 2 aromatic heterocycles. The fraction of sp³-hybridized carbons (Fsp3) is 0.370. The standard InChI is InChI=1S/C27H32N6O4/c1-18-29-25(28-10-11-32-12-14-37-15-13-32)24-27(30-18)33(21-8-9-22(35-2)23(16-21)36-3)26(31-24)20-6-4-19(17-34)5-7-20/h4-9,16,34H,10-15,17H2,1-3H3,(H,28,29,30). The zero-order valence-corrected chi connectivity index (χ0v) is 21.4. The van der Waals surface area contributed by atoms with Crippen LogP contribution in [0.15, 0.2) is 42.5 Å². The summed E-state index contributed by atoms with van der Waals surface area (Å²) in [6, 6.07) is 13.4. The number of hydrogen-bond donors (Lipinski definition) is 2. The molecule has 1 aliphatic rings. The van der Waals surface area contributed by atoms with Gasteiger partial charge in [-0.05, 0) is 24.6 Å². The van der Waals surface area contributed by atoms with Gasteiger partial charge >= 0.3 is 0 Å². The Morgan fingerprint density at radius 3 is 2.43 bits per heavy atom. The molecule has 194 valence electrons. The van der Waals surface area contributed by atoms with Crippen LogP contribution in [-0.4, -0.2) is 83.1 Å². The molecule has 0 unspecified atom stereocenters. The van der Waals surface area contributed by atoms with Gasteiger partial charge < -0.3 is 24.6 Å². The van der Waals surface area contributed by atoms with E-state index in [4.69, 9.17) is 29.2 Å². The number of benzene rings is 2. The maximum Gasteiger partial charge on any atom is 0.170 e. The predicted molar refractivity (Wildman–Crippen MR) is 142 cm³/mol. The molecule has 0 atom stereocenters. The van der Waals surface area contributed by atoms with Crippen molar-refractivity contribution in [1.29, 1.82) is 0 Å². The highest BCUT2D eigenvalue weighted by Crippen LogP contribution is 2.35. The summed E-state index contributed by atoms with van der Waals surface area (Å²) in [5.74, 6) is 3.30. The lowest BCUT2D eigenvalue weighted by Crippen LogP contribution is -2.39. The number of nitrogens with zero attached hydrogens (tertiary/aromatic N) is 5. The first-order valence-electron chi connectivity index (χ1n) is 12.3. The van der Waals surface area contributed by atoms with Gasteiger partial charge in [0, 0.05) is 37.8 Å². The molecule has 1 aliphatic heterocycles. The smallest absolute Gasteiger partial charge is 0.170 e. The number of nitrogens with one attached hydrogen (secondary N) is 1. The van der Waals surface area contributed by atoms with E-state index in [2.05, 4.69) is 10.2 Å². The Bertz CT molecular complexity index is 1370. The number of aliphatic hydroxyl groups excluding tert-OH is 1. The van der Waals surface area contributed by atoms with E-state index in [0.29, 0.717) is 40.1 Å².